The van der Waals surface area contributed by atoms with Crippen LogP contribution in [0.5, 0.6) is 5.75 Å². The van der Waals surface area contributed by atoms with E-state index in [4.69, 9.17) is 4.74 Å². The number of benzene rings is 2. The van der Waals surface area contributed by atoms with Gasteiger partial charge in [-0.1, -0.05) is 68.7 Å². The molecule has 2 unspecified atom stereocenters. The van der Waals surface area contributed by atoms with E-state index in [1.165, 1.54) is 36.8 Å². The molecule has 1 heterocycles. The van der Waals surface area contributed by atoms with Gasteiger partial charge in [0.05, 0.1) is 0 Å². The SMILES string of the molecule is Br.CCCCCCc1ccc2c(c1)OC(C)(C)C1CCC(NCc3ccccc3)=CC21O. The van der Waals surface area contributed by atoms with E-state index in [2.05, 4.69) is 74.6 Å². The Labute approximate surface area is 204 Å². The van der Waals surface area contributed by atoms with Gasteiger partial charge in [-0.2, -0.15) is 0 Å². The lowest BCUT2D eigenvalue weighted by Gasteiger charge is -2.51. The van der Waals surface area contributed by atoms with Crippen LogP contribution in [0.3, 0.4) is 0 Å². The fourth-order valence-electron chi connectivity index (χ4n) is 5.30. The molecule has 0 fully saturated rings. The highest BCUT2D eigenvalue weighted by atomic mass is 79.9. The van der Waals surface area contributed by atoms with Gasteiger partial charge < -0.3 is 15.2 Å². The van der Waals surface area contributed by atoms with Gasteiger partial charge in [-0.15, -0.1) is 17.0 Å². The van der Waals surface area contributed by atoms with Crippen LogP contribution in [0, 0.1) is 5.92 Å². The Morgan fingerprint density at radius 2 is 1.81 bits per heavy atom. The lowest BCUT2D eigenvalue weighted by Crippen LogP contribution is -2.54. The fraction of sp³-hybridized carbons (Fsp3) is 0.500. The zero-order valence-electron chi connectivity index (χ0n) is 19.7. The molecule has 0 bridgehead atoms. The minimum atomic E-state index is -1.00. The Morgan fingerprint density at radius 3 is 2.56 bits per heavy atom. The van der Waals surface area contributed by atoms with Crippen LogP contribution in [0.15, 0.2) is 60.3 Å². The number of nitrogens with one attached hydrogen (secondary N) is 1. The Kier molecular flexibility index (Phi) is 8.11. The van der Waals surface area contributed by atoms with E-state index in [9.17, 15) is 5.11 Å². The van der Waals surface area contributed by atoms with E-state index < -0.39 is 11.2 Å². The molecule has 0 aromatic heterocycles. The minimum absolute atomic E-state index is 0. The monoisotopic (exact) mass is 499 g/mol. The van der Waals surface area contributed by atoms with Crippen molar-refractivity contribution in [2.24, 2.45) is 5.92 Å². The molecule has 2 aromatic carbocycles. The molecule has 2 aromatic rings. The van der Waals surface area contributed by atoms with E-state index in [0.717, 1.165) is 42.8 Å². The molecule has 0 spiro atoms. The Morgan fingerprint density at radius 1 is 1.03 bits per heavy atom. The summed E-state index contributed by atoms with van der Waals surface area (Å²) in [5, 5.41) is 15.6. The summed E-state index contributed by atoms with van der Waals surface area (Å²) < 4.78 is 6.48. The van der Waals surface area contributed by atoms with Gasteiger partial charge in [-0.3, -0.25) is 0 Å². The van der Waals surface area contributed by atoms with Crippen LogP contribution in [0.25, 0.3) is 0 Å². The van der Waals surface area contributed by atoms with Gasteiger partial charge >= 0.3 is 0 Å². The summed E-state index contributed by atoms with van der Waals surface area (Å²) in [6, 6.07) is 16.9. The fourth-order valence-corrected chi connectivity index (χ4v) is 5.30. The second-order valence-corrected chi connectivity index (χ2v) is 9.77. The second-order valence-electron chi connectivity index (χ2n) is 9.77. The van der Waals surface area contributed by atoms with Crippen LogP contribution in [-0.2, 0) is 18.6 Å². The van der Waals surface area contributed by atoms with Crippen LogP contribution in [-0.4, -0.2) is 10.7 Å². The summed E-state index contributed by atoms with van der Waals surface area (Å²) in [5.74, 6) is 0.877. The third kappa shape index (κ3) is 5.23. The van der Waals surface area contributed by atoms with Crippen LogP contribution in [0.4, 0.5) is 0 Å². The van der Waals surface area contributed by atoms with Gasteiger partial charge in [0.2, 0.25) is 0 Å². The van der Waals surface area contributed by atoms with Crippen molar-refractivity contribution in [2.45, 2.75) is 83.5 Å². The lowest BCUT2D eigenvalue weighted by molar-refractivity contribution is -0.106. The summed E-state index contributed by atoms with van der Waals surface area (Å²) in [6.45, 7) is 7.26. The molecule has 0 saturated heterocycles. The largest absolute Gasteiger partial charge is 0.487 e. The van der Waals surface area contributed by atoms with Gasteiger partial charge in [-0.25, -0.2) is 0 Å². The summed E-state index contributed by atoms with van der Waals surface area (Å²) in [6.07, 6.45) is 9.98. The van der Waals surface area contributed by atoms with Crippen molar-refractivity contribution in [3.8, 4) is 5.75 Å². The molecule has 32 heavy (non-hydrogen) atoms. The Bertz CT molecular complexity index is 924. The molecule has 1 aliphatic carbocycles. The van der Waals surface area contributed by atoms with Gasteiger partial charge in [-0.05, 0) is 62.8 Å². The van der Waals surface area contributed by atoms with Gasteiger partial charge in [0, 0.05) is 23.7 Å². The zero-order chi connectivity index (χ0) is 21.9. The number of unbranched alkanes of at least 4 members (excludes halogenated alkanes) is 3. The van der Waals surface area contributed by atoms with Gasteiger partial charge in [0.25, 0.3) is 0 Å². The molecule has 2 N–H and O–H groups in total. The maximum absolute atomic E-state index is 12.0. The highest BCUT2D eigenvalue weighted by Gasteiger charge is 2.53. The summed E-state index contributed by atoms with van der Waals surface area (Å²) >= 11 is 0. The molecular formula is C28H38BrNO2. The normalized spacial score (nSPS) is 23.1. The first-order valence-electron chi connectivity index (χ1n) is 12.0. The number of halogens is 1. The quantitative estimate of drug-likeness (QED) is 0.391. The van der Waals surface area contributed by atoms with Crippen molar-refractivity contribution in [1.82, 2.24) is 5.32 Å². The number of aryl methyl sites for hydroxylation is 1. The van der Waals surface area contributed by atoms with Crippen molar-refractivity contribution in [3.63, 3.8) is 0 Å². The van der Waals surface area contributed by atoms with Crippen molar-refractivity contribution in [2.75, 3.05) is 0 Å². The molecular weight excluding hydrogens is 462 g/mol. The standard InChI is InChI=1S/C28H37NO2.BrH/c1-4-5-6-8-11-21-14-16-24-25(18-21)31-27(2,3)26-17-15-23(19-28(24,26)30)29-20-22-12-9-7-10-13-22;/h7,9-10,12-14,16,18-19,26,29-30H,4-6,8,11,15,17,20H2,1-3H3;1H. The molecule has 2 aliphatic rings. The van der Waals surface area contributed by atoms with Gasteiger partial charge in [0.1, 0.15) is 17.0 Å². The van der Waals surface area contributed by atoms with Crippen molar-refractivity contribution >= 4 is 17.0 Å². The maximum Gasteiger partial charge on any atom is 0.126 e. The van der Waals surface area contributed by atoms with Crippen molar-refractivity contribution < 1.29 is 9.84 Å². The minimum Gasteiger partial charge on any atom is -0.487 e. The first-order chi connectivity index (χ1) is 14.9. The third-order valence-corrected chi connectivity index (χ3v) is 7.00. The van der Waals surface area contributed by atoms with E-state index in [1.54, 1.807) is 0 Å². The van der Waals surface area contributed by atoms with Crippen molar-refractivity contribution in [3.05, 3.63) is 77.0 Å². The Balaban J connectivity index is 0.00000289. The molecule has 0 radical (unpaired) electrons. The molecule has 0 saturated carbocycles. The number of ether oxygens (including phenoxy) is 1. The third-order valence-electron chi connectivity index (χ3n) is 7.00. The number of allylic oxidation sites excluding steroid dienone is 1. The van der Waals surface area contributed by atoms with E-state index in [-0.39, 0.29) is 22.9 Å². The Hall–Kier alpha value is -1.78. The molecule has 174 valence electrons. The maximum atomic E-state index is 12.0. The topological polar surface area (TPSA) is 41.5 Å². The van der Waals surface area contributed by atoms with E-state index in [0.29, 0.717) is 0 Å². The molecule has 1 aliphatic heterocycles. The lowest BCUT2D eigenvalue weighted by atomic mass is 9.65. The number of aliphatic hydroxyl groups is 1. The smallest absolute Gasteiger partial charge is 0.126 e. The first kappa shape index (κ1) is 24.9. The number of hydrogen-bond donors (Lipinski definition) is 2. The van der Waals surface area contributed by atoms with Crippen molar-refractivity contribution in [1.29, 1.82) is 0 Å². The predicted octanol–water partition coefficient (Wildman–Crippen LogP) is 6.83. The molecule has 2 atom stereocenters. The first-order valence-corrected chi connectivity index (χ1v) is 12.0. The molecule has 4 heteroatoms. The van der Waals surface area contributed by atoms with E-state index in [1.807, 2.05) is 6.07 Å². The summed E-state index contributed by atoms with van der Waals surface area (Å²) in [7, 11) is 0. The number of fused-ring (bicyclic) bond motifs is 3. The summed E-state index contributed by atoms with van der Waals surface area (Å²) in [4.78, 5) is 0. The molecule has 4 rings (SSSR count). The summed E-state index contributed by atoms with van der Waals surface area (Å²) in [5.41, 5.74) is 3.16. The average Bonchev–Trinajstić information content (AvgIpc) is 2.75. The van der Waals surface area contributed by atoms with Crippen LogP contribution < -0.4 is 10.1 Å². The highest BCUT2D eigenvalue weighted by Crippen LogP contribution is 2.53. The van der Waals surface area contributed by atoms with E-state index >= 15 is 0 Å². The highest BCUT2D eigenvalue weighted by molar-refractivity contribution is 8.93. The average molecular weight is 501 g/mol. The van der Waals surface area contributed by atoms with Crippen LogP contribution in [0.1, 0.15) is 76.0 Å². The molecule has 3 nitrogen and oxygen atoms in total. The zero-order valence-corrected chi connectivity index (χ0v) is 21.4. The number of rotatable bonds is 8. The predicted molar refractivity (Wildman–Crippen MR) is 137 cm³/mol. The van der Waals surface area contributed by atoms with Crippen LogP contribution in [0.2, 0.25) is 0 Å². The van der Waals surface area contributed by atoms with Gasteiger partial charge in [0.15, 0.2) is 0 Å². The number of hydrogen-bond acceptors (Lipinski definition) is 3. The molecule has 0 amide bonds. The second kappa shape index (κ2) is 10.4. The van der Waals surface area contributed by atoms with Crippen LogP contribution >= 0.6 is 17.0 Å².